The molecule has 0 amide bonds. The van der Waals surface area contributed by atoms with Crippen LogP contribution in [-0.2, 0) is 11.2 Å². The molecule has 5 heteroatoms. The molecule has 0 radical (unpaired) electrons. The number of carbonyl (C=O) groups is 1. The van der Waals surface area contributed by atoms with Gasteiger partial charge < -0.3 is 10.8 Å². The normalized spacial score (nSPS) is 11.6. The largest absolute Gasteiger partial charge is 0.481 e. The number of benzene rings is 1. The molecule has 0 aliphatic rings. The Morgan fingerprint density at radius 1 is 1.56 bits per heavy atom. The van der Waals surface area contributed by atoms with Gasteiger partial charge in [0.2, 0.25) is 0 Å². The average Bonchev–Trinajstić information content (AvgIpc) is 2.25. The molecule has 90 valence electrons. The molecule has 1 atom stereocenters. The maximum absolute atomic E-state index is 10.8. The monoisotopic (exact) mass is 261 g/mol. The highest BCUT2D eigenvalue weighted by atomic mass is 35.5. The zero-order valence-electron chi connectivity index (χ0n) is 9.05. The van der Waals surface area contributed by atoms with E-state index in [4.69, 9.17) is 10.8 Å². The number of halogens is 1. The number of thioether (sulfide) groups is 1. The van der Waals surface area contributed by atoms with Gasteiger partial charge in [0, 0.05) is 11.4 Å². The lowest BCUT2D eigenvalue weighted by Crippen LogP contribution is -2.25. The van der Waals surface area contributed by atoms with Gasteiger partial charge in [0.05, 0.1) is 5.92 Å². The lowest BCUT2D eigenvalue weighted by atomic mass is 10.00. The Morgan fingerprint density at radius 3 is 2.75 bits per heavy atom. The van der Waals surface area contributed by atoms with Crippen LogP contribution in [0.4, 0.5) is 0 Å². The molecule has 0 aliphatic carbocycles. The first-order valence-electron chi connectivity index (χ1n) is 4.73. The number of rotatable bonds is 5. The van der Waals surface area contributed by atoms with Crippen molar-refractivity contribution in [3.63, 3.8) is 0 Å². The fourth-order valence-corrected chi connectivity index (χ4v) is 1.84. The van der Waals surface area contributed by atoms with Crippen molar-refractivity contribution < 1.29 is 9.90 Å². The lowest BCUT2D eigenvalue weighted by molar-refractivity contribution is -0.141. The number of hydrogen-bond donors (Lipinski definition) is 2. The van der Waals surface area contributed by atoms with E-state index in [0.29, 0.717) is 6.42 Å². The molecular formula is C11H16ClNO2S. The lowest BCUT2D eigenvalue weighted by Gasteiger charge is -2.10. The van der Waals surface area contributed by atoms with Gasteiger partial charge in [0.15, 0.2) is 0 Å². The minimum atomic E-state index is -0.827. The van der Waals surface area contributed by atoms with Gasteiger partial charge in [0.25, 0.3) is 0 Å². The van der Waals surface area contributed by atoms with Gasteiger partial charge in [-0.1, -0.05) is 12.1 Å². The van der Waals surface area contributed by atoms with Crippen LogP contribution in [0.25, 0.3) is 0 Å². The molecule has 3 N–H and O–H groups in total. The van der Waals surface area contributed by atoms with E-state index in [1.54, 1.807) is 11.8 Å². The van der Waals surface area contributed by atoms with Crippen LogP contribution >= 0.6 is 24.2 Å². The van der Waals surface area contributed by atoms with E-state index in [2.05, 4.69) is 0 Å². The predicted molar refractivity (Wildman–Crippen MR) is 69.4 cm³/mol. The second-order valence-electron chi connectivity index (χ2n) is 3.33. The van der Waals surface area contributed by atoms with E-state index in [9.17, 15) is 4.79 Å². The Bertz CT molecular complexity index is 347. The molecule has 0 aliphatic heterocycles. The van der Waals surface area contributed by atoms with E-state index in [-0.39, 0.29) is 19.0 Å². The summed E-state index contributed by atoms with van der Waals surface area (Å²) < 4.78 is 0. The quantitative estimate of drug-likeness (QED) is 0.796. The average molecular weight is 262 g/mol. The highest BCUT2D eigenvalue weighted by Gasteiger charge is 2.15. The van der Waals surface area contributed by atoms with E-state index < -0.39 is 11.9 Å². The smallest absolute Gasteiger partial charge is 0.308 e. The Labute approximate surface area is 106 Å². The second-order valence-corrected chi connectivity index (χ2v) is 4.21. The van der Waals surface area contributed by atoms with E-state index >= 15 is 0 Å². The summed E-state index contributed by atoms with van der Waals surface area (Å²) in [7, 11) is 0. The number of carboxylic acids is 1. The zero-order valence-corrected chi connectivity index (χ0v) is 10.7. The van der Waals surface area contributed by atoms with Crippen LogP contribution in [0.5, 0.6) is 0 Å². The van der Waals surface area contributed by atoms with Crippen LogP contribution in [0.2, 0.25) is 0 Å². The van der Waals surface area contributed by atoms with Crippen molar-refractivity contribution in [3.05, 3.63) is 29.8 Å². The van der Waals surface area contributed by atoms with E-state index in [1.807, 2.05) is 30.5 Å². The Balaban J connectivity index is 0.00000225. The minimum absolute atomic E-state index is 0. The van der Waals surface area contributed by atoms with E-state index in [0.717, 1.165) is 10.5 Å². The standard InChI is InChI=1S/C11H15NO2S.ClH/c1-15-10-4-2-3-8(6-10)5-9(7-12)11(13)14;/h2-4,6,9H,5,7,12H2,1H3,(H,13,14);1H/t9-;/m1./s1. The molecule has 3 nitrogen and oxygen atoms in total. The molecule has 0 saturated heterocycles. The topological polar surface area (TPSA) is 63.3 Å². The number of hydrogen-bond acceptors (Lipinski definition) is 3. The summed E-state index contributed by atoms with van der Waals surface area (Å²) in [6.45, 7) is 0.179. The second kappa shape index (κ2) is 7.54. The van der Waals surface area contributed by atoms with Gasteiger partial charge in [-0.05, 0) is 30.4 Å². The SMILES string of the molecule is CSc1cccc(C[C@H](CN)C(=O)O)c1.Cl. The Morgan fingerprint density at radius 2 is 2.25 bits per heavy atom. The van der Waals surface area contributed by atoms with Crippen LogP contribution in [0.15, 0.2) is 29.2 Å². The summed E-state index contributed by atoms with van der Waals surface area (Å²) >= 11 is 1.65. The van der Waals surface area contributed by atoms with Gasteiger partial charge in [0.1, 0.15) is 0 Å². The summed E-state index contributed by atoms with van der Waals surface area (Å²) in [4.78, 5) is 12.0. The molecule has 0 saturated carbocycles. The first kappa shape index (κ1) is 15.3. The number of nitrogens with two attached hydrogens (primary N) is 1. The van der Waals surface area contributed by atoms with Gasteiger partial charge in [-0.3, -0.25) is 4.79 Å². The summed E-state index contributed by atoms with van der Waals surface area (Å²) in [5.74, 6) is -1.31. The van der Waals surface area contributed by atoms with Crippen molar-refractivity contribution in [3.8, 4) is 0 Å². The molecule has 16 heavy (non-hydrogen) atoms. The van der Waals surface area contributed by atoms with Crippen molar-refractivity contribution in [1.29, 1.82) is 0 Å². The van der Waals surface area contributed by atoms with Crippen molar-refractivity contribution in [2.45, 2.75) is 11.3 Å². The molecule has 1 rings (SSSR count). The third kappa shape index (κ3) is 4.43. The maximum Gasteiger partial charge on any atom is 0.308 e. The van der Waals surface area contributed by atoms with Crippen molar-refractivity contribution in [2.75, 3.05) is 12.8 Å². The van der Waals surface area contributed by atoms with Crippen LogP contribution in [0, 0.1) is 5.92 Å². The van der Waals surface area contributed by atoms with Gasteiger partial charge in [-0.15, -0.1) is 24.2 Å². The summed E-state index contributed by atoms with van der Waals surface area (Å²) in [6.07, 6.45) is 2.50. The Hall–Kier alpha value is -0.710. The predicted octanol–water partition coefficient (Wildman–Crippen LogP) is 2.03. The molecule has 0 aromatic heterocycles. The van der Waals surface area contributed by atoms with Crippen LogP contribution in [0.3, 0.4) is 0 Å². The van der Waals surface area contributed by atoms with Crippen molar-refractivity contribution >= 4 is 30.1 Å². The number of carboxylic acid groups (broad SMARTS) is 1. The number of aliphatic carboxylic acids is 1. The van der Waals surface area contributed by atoms with Crippen LogP contribution in [-0.4, -0.2) is 23.9 Å². The van der Waals surface area contributed by atoms with Gasteiger partial charge in [-0.25, -0.2) is 0 Å². The first-order valence-corrected chi connectivity index (χ1v) is 5.95. The van der Waals surface area contributed by atoms with Crippen molar-refractivity contribution in [1.82, 2.24) is 0 Å². The summed E-state index contributed by atoms with van der Waals surface area (Å²) in [5, 5.41) is 8.88. The fraction of sp³-hybridized carbons (Fsp3) is 0.364. The Kier molecular flexibility index (Phi) is 7.21. The van der Waals surface area contributed by atoms with Gasteiger partial charge in [-0.2, -0.15) is 0 Å². The minimum Gasteiger partial charge on any atom is -0.481 e. The third-order valence-electron chi connectivity index (χ3n) is 2.25. The highest BCUT2D eigenvalue weighted by molar-refractivity contribution is 7.98. The first-order chi connectivity index (χ1) is 7.17. The highest BCUT2D eigenvalue weighted by Crippen LogP contribution is 2.17. The fourth-order valence-electron chi connectivity index (χ4n) is 1.36. The summed E-state index contributed by atoms with van der Waals surface area (Å²) in [5.41, 5.74) is 6.43. The maximum atomic E-state index is 10.8. The molecule has 0 unspecified atom stereocenters. The van der Waals surface area contributed by atoms with Crippen LogP contribution in [0.1, 0.15) is 5.56 Å². The molecule has 0 bridgehead atoms. The molecular weight excluding hydrogens is 246 g/mol. The van der Waals surface area contributed by atoms with Crippen LogP contribution < -0.4 is 5.73 Å². The zero-order chi connectivity index (χ0) is 11.3. The van der Waals surface area contributed by atoms with Gasteiger partial charge >= 0.3 is 5.97 Å². The summed E-state index contributed by atoms with van der Waals surface area (Å²) in [6, 6.07) is 7.89. The van der Waals surface area contributed by atoms with E-state index in [1.165, 1.54) is 0 Å². The molecule has 0 spiro atoms. The van der Waals surface area contributed by atoms with Crippen molar-refractivity contribution in [2.24, 2.45) is 11.7 Å². The third-order valence-corrected chi connectivity index (χ3v) is 2.98. The molecule has 0 heterocycles. The molecule has 1 aromatic carbocycles. The molecule has 1 aromatic rings. The molecule has 0 fully saturated rings.